The van der Waals surface area contributed by atoms with E-state index in [0.717, 1.165) is 6.07 Å². The molecule has 0 heterocycles. The highest BCUT2D eigenvalue weighted by atomic mass is 19.4. The third-order valence-electron chi connectivity index (χ3n) is 2.34. The van der Waals surface area contributed by atoms with Gasteiger partial charge in [0, 0.05) is 12.1 Å². The van der Waals surface area contributed by atoms with Crippen LogP contribution in [-0.4, -0.2) is 35.2 Å². The number of halogens is 4. The highest BCUT2D eigenvalue weighted by molar-refractivity contribution is 5.69. The second-order valence-corrected chi connectivity index (χ2v) is 4.07. The van der Waals surface area contributed by atoms with Gasteiger partial charge in [0.2, 0.25) is 0 Å². The number of hydrogen-bond acceptors (Lipinski definition) is 3. The molecule has 1 N–H and O–H groups in total. The van der Waals surface area contributed by atoms with Gasteiger partial charge in [-0.1, -0.05) is 6.07 Å². The maximum atomic E-state index is 13.6. The van der Waals surface area contributed by atoms with Crippen LogP contribution in [0.4, 0.5) is 17.6 Å². The molecule has 0 amide bonds. The fourth-order valence-corrected chi connectivity index (χ4v) is 1.60. The second-order valence-electron chi connectivity index (χ2n) is 4.07. The molecule has 8 heteroatoms. The number of alkyl halides is 3. The zero-order valence-electron chi connectivity index (χ0n) is 10.1. The summed E-state index contributed by atoms with van der Waals surface area (Å²) in [6, 6.07) is 5.00. The van der Waals surface area contributed by atoms with Gasteiger partial charge in [0.05, 0.1) is 24.7 Å². The molecule has 0 radical (unpaired) electrons. The van der Waals surface area contributed by atoms with Crippen LogP contribution in [-0.2, 0) is 11.3 Å². The van der Waals surface area contributed by atoms with Crippen LogP contribution in [0.1, 0.15) is 11.1 Å². The lowest BCUT2D eigenvalue weighted by Gasteiger charge is -2.22. The molecule has 0 fully saturated rings. The lowest BCUT2D eigenvalue weighted by atomic mass is 10.1. The summed E-state index contributed by atoms with van der Waals surface area (Å²) < 4.78 is 50.5. The Balaban J connectivity index is 2.89. The molecule has 20 heavy (non-hydrogen) atoms. The highest BCUT2D eigenvalue weighted by Crippen LogP contribution is 2.19. The standard InChI is InChI=1S/C12H10F4N2O2/c13-10-3-8(4-17)1-2-9(10)5-18(6-11(19)20)7-12(14,15)16/h1-3H,5-7H2,(H,19,20). The fraction of sp³-hybridized carbons (Fsp3) is 0.333. The highest BCUT2D eigenvalue weighted by Gasteiger charge is 2.31. The first-order valence-corrected chi connectivity index (χ1v) is 5.40. The first kappa shape index (κ1) is 15.9. The summed E-state index contributed by atoms with van der Waals surface area (Å²) >= 11 is 0. The van der Waals surface area contributed by atoms with Gasteiger partial charge in [-0.3, -0.25) is 9.69 Å². The summed E-state index contributed by atoms with van der Waals surface area (Å²) in [5, 5.41) is 17.1. The number of benzene rings is 1. The summed E-state index contributed by atoms with van der Waals surface area (Å²) in [5.41, 5.74) is -0.0682. The van der Waals surface area contributed by atoms with Crippen LogP contribution >= 0.6 is 0 Å². The third-order valence-corrected chi connectivity index (χ3v) is 2.34. The zero-order chi connectivity index (χ0) is 15.3. The van der Waals surface area contributed by atoms with E-state index in [-0.39, 0.29) is 11.1 Å². The predicted octanol–water partition coefficient (Wildman–Crippen LogP) is 2.15. The minimum atomic E-state index is -4.58. The van der Waals surface area contributed by atoms with Crippen LogP contribution in [0.2, 0.25) is 0 Å². The van der Waals surface area contributed by atoms with Crippen LogP contribution in [0.15, 0.2) is 18.2 Å². The number of aliphatic carboxylic acids is 1. The van der Waals surface area contributed by atoms with Gasteiger partial charge in [-0.25, -0.2) is 4.39 Å². The number of carbonyl (C=O) groups is 1. The van der Waals surface area contributed by atoms with Crippen molar-refractivity contribution in [1.29, 1.82) is 5.26 Å². The zero-order valence-corrected chi connectivity index (χ0v) is 10.1. The fourth-order valence-electron chi connectivity index (χ4n) is 1.60. The van der Waals surface area contributed by atoms with E-state index in [9.17, 15) is 22.4 Å². The van der Waals surface area contributed by atoms with Crippen LogP contribution in [0, 0.1) is 17.1 Å². The van der Waals surface area contributed by atoms with Crippen molar-refractivity contribution < 1.29 is 27.5 Å². The average molecular weight is 290 g/mol. The average Bonchev–Trinajstić information content (AvgIpc) is 2.28. The number of nitriles is 1. The van der Waals surface area contributed by atoms with Crippen molar-refractivity contribution in [3.05, 3.63) is 35.1 Å². The minimum absolute atomic E-state index is 0.0341. The molecule has 0 saturated heterocycles. The van der Waals surface area contributed by atoms with E-state index in [0.29, 0.717) is 4.90 Å². The van der Waals surface area contributed by atoms with Gasteiger partial charge in [-0.2, -0.15) is 18.4 Å². The third kappa shape index (κ3) is 5.24. The van der Waals surface area contributed by atoms with Crippen LogP contribution in [0.3, 0.4) is 0 Å². The summed E-state index contributed by atoms with van der Waals surface area (Å²) in [6.45, 7) is -2.83. The molecular formula is C12H10F4N2O2. The summed E-state index contributed by atoms with van der Waals surface area (Å²) in [5.74, 6) is -2.29. The van der Waals surface area contributed by atoms with Gasteiger partial charge < -0.3 is 5.11 Å². The van der Waals surface area contributed by atoms with Gasteiger partial charge in [0.1, 0.15) is 5.82 Å². The molecule has 0 aromatic heterocycles. The molecular weight excluding hydrogens is 280 g/mol. The summed E-state index contributed by atoms with van der Waals surface area (Å²) in [6.07, 6.45) is -4.58. The molecule has 0 unspecified atom stereocenters. The Bertz CT molecular complexity index is 537. The Morgan fingerprint density at radius 3 is 2.50 bits per heavy atom. The number of carboxylic acid groups (broad SMARTS) is 1. The Labute approximate surface area is 111 Å². The van der Waals surface area contributed by atoms with E-state index in [1.165, 1.54) is 12.1 Å². The lowest BCUT2D eigenvalue weighted by Crippen LogP contribution is -2.37. The molecule has 1 aromatic rings. The smallest absolute Gasteiger partial charge is 0.401 e. The predicted molar refractivity (Wildman–Crippen MR) is 60.1 cm³/mol. The molecule has 1 rings (SSSR count). The van der Waals surface area contributed by atoms with Crippen LogP contribution in [0.5, 0.6) is 0 Å². The van der Waals surface area contributed by atoms with Crippen molar-refractivity contribution in [2.24, 2.45) is 0 Å². The topological polar surface area (TPSA) is 64.3 Å². The summed E-state index contributed by atoms with van der Waals surface area (Å²) in [7, 11) is 0. The molecule has 0 saturated carbocycles. The molecule has 0 aliphatic heterocycles. The Morgan fingerprint density at radius 2 is 2.05 bits per heavy atom. The number of carboxylic acids is 1. The number of hydrogen-bond donors (Lipinski definition) is 1. The van der Waals surface area contributed by atoms with Crippen molar-refractivity contribution in [1.82, 2.24) is 4.90 Å². The lowest BCUT2D eigenvalue weighted by molar-refractivity contribution is -0.154. The first-order valence-electron chi connectivity index (χ1n) is 5.40. The van der Waals surface area contributed by atoms with Crippen molar-refractivity contribution >= 4 is 5.97 Å². The van der Waals surface area contributed by atoms with Crippen LogP contribution in [0.25, 0.3) is 0 Å². The molecule has 4 nitrogen and oxygen atoms in total. The van der Waals surface area contributed by atoms with Crippen molar-refractivity contribution in [3.63, 3.8) is 0 Å². The summed E-state index contributed by atoms with van der Waals surface area (Å²) in [4.78, 5) is 11.1. The molecule has 0 spiro atoms. The second kappa shape index (κ2) is 6.34. The van der Waals surface area contributed by atoms with E-state index < -0.39 is 37.6 Å². The molecule has 0 bridgehead atoms. The molecule has 0 atom stereocenters. The van der Waals surface area contributed by atoms with E-state index in [1.807, 2.05) is 0 Å². The monoisotopic (exact) mass is 290 g/mol. The number of rotatable bonds is 5. The maximum Gasteiger partial charge on any atom is 0.401 e. The largest absolute Gasteiger partial charge is 0.480 e. The Hall–Kier alpha value is -2.14. The molecule has 108 valence electrons. The quantitative estimate of drug-likeness (QED) is 0.844. The van der Waals surface area contributed by atoms with Crippen molar-refractivity contribution in [2.75, 3.05) is 13.1 Å². The maximum absolute atomic E-state index is 13.6. The minimum Gasteiger partial charge on any atom is -0.480 e. The van der Waals surface area contributed by atoms with E-state index in [2.05, 4.69) is 0 Å². The number of nitrogens with zero attached hydrogens (tertiary/aromatic N) is 2. The normalized spacial score (nSPS) is 11.4. The van der Waals surface area contributed by atoms with E-state index in [4.69, 9.17) is 10.4 Å². The van der Waals surface area contributed by atoms with Gasteiger partial charge in [0.25, 0.3) is 0 Å². The van der Waals surface area contributed by atoms with Crippen molar-refractivity contribution in [2.45, 2.75) is 12.7 Å². The van der Waals surface area contributed by atoms with E-state index >= 15 is 0 Å². The van der Waals surface area contributed by atoms with Gasteiger partial charge in [-0.15, -0.1) is 0 Å². The van der Waals surface area contributed by atoms with Gasteiger partial charge in [0.15, 0.2) is 0 Å². The van der Waals surface area contributed by atoms with E-state index in [1.54, 1.807) is 6.07 Å². The molecule has 1 aromatic carbocycles. The molecule has 0 aliphatic rings. The first-order chi connectivity index (χ1) is 9.21. The van der Waals surface area contributed by atoms with Gasteiger partial charge >= 0.3 is 12.1 Å². The Morgan fingerprint density at radius 1 is 1.40 bits per heavy atom. The van der Waals surface area contributed by atoms with Gasteiger partial charge in [-0.05, 0) is 12.1 Å². The Kier molecular flexibility index (Phi) is 5.05. The van der Waals surface area contributed by atoms with Crippen LogP contribution < -0.4 is 0 Å². The van der Waals surface area contributed by atoms with Crippen molar-refractivity contribution in [3.8, 4) is 6.07 Å². The molecule has 0 aliphatic carbocycles. The SMILES string of the molecule is N#Cc1ccc(CN(CC(=O)O)CC(F)(F)F)c(F)c1.